The van der Waals surface area contributed by atoms with Crippen molar-refractivity contribution < 1.29 is 23.8 Å². The molecule has 1 aliphatic rings. The highest BCUT2D eigenvalue weighted by Crippen LogP contribution is 2.42. The number of aliphatic hydroxyl groups excluding tert-OH is 1. The lowest BCUT2D eigenvalue weighted by molar-refractivity contribution is -0.128. The summed E-state index contributed by atoms with van der Waals surface area (Å²) in [6.45, 7) is 0.792. The number of hydrogen-bond donors (Lipinski definition) is 2. The summed E-state index contributed by atoms with van der Waals surface area (Å²) in [6.07, 6.45) is 0.635. The van der Waals surface area contributed by atoms with Gasteiger partial charge in [-0.2, -0.15) is 0 Å². The van der Waals surface area contributed by atoms with Crippen LogP contribution in [-0.2, 0) is 22.4 Å². The van der Waals surface area contributed by atoms with Crippen LogP contribution in [0.2, 0.25) is 0 Å². The highest BCUT2D eigenvalue weighted by atomic mass is 79.9. The van der Waals surface area contributed by atoms with Gasteiger partial charge in [0.1, 0.15) is 11.6 Å². The molecule has 1 aliphatic heterocycles. The Morgan fingerprint density at radius 3 is 2.45 bits per heavy atom. The Balaban J connectivity index is 1.49. The Hall–Kier alpha value is -4.01. The Morgan fingerprint density at radius 1 is 0.976 bits per heavy atom. The van der Waals surface area contributed by atoms with Crippen molar-refractivity contribution in [2.24, 2.45) is 4.99 Å². The van der Waals surface area contributed by atoms with Gasteiger partial charge >= 0.3 is 0 Å². The predicted octanol–water partition coefficient (Wildman–Crippen LogP) is 6.21. The molecule has 5 rings (SSSR count). The van der Waals surface area contributed by atoms with Gasteiger partial charge in [-0.25, -0.2) is 9.38 Å². The van der Waals surface area contributed by atoms with Gasteiger partial charge in [-0.15, -0.1) is 0 Å². The van der Waals surface area contributed by atoms with Gasteiger partial charge in [0.2, 0.25) is 5.90 Å². The Morgan fingerprint density at radius 2 is 1.74 bits per heavy atom. The van der Waals surface area contributed by atoms with Crippen molar-refractivity contribution in [3.8, 4) is 5.75 Å². The van der Waals surface area contributed by atoms with Crippen LogP contribution in [0.1, 0.15) is 34.8 Å². The van der Waals surface area contributed by atoms with Crippen molar-refractivity contribution in [3.63, 3.8) is 0 Å². The lowest BCUT2D eigenvalue weighted by Crippen LogP contribution is -2.50. The second-order valence-electron chi connectivity index (χ2n) is 10.1. The molecule has 0 spiro atoms. The molecule has 6 nitrogen and oxygen atoms in total. The first-order valence-corrected chi connectivity index (χ1v) is 14.7. The van der Waals surface area contributed by atoms with Gasteiger partial charge in [-0.05, 0) is 71.6 Å². The molecule has 0 saturated heterocycles. The third-order valence-corrected chi connectivity index (χ3v) is 7.64. The van der Waals surface area contributed by atoms with Crippen LogP contribution >= 0.6 is 15.9 Å². The third kappa shape index (κ3) is 7.06. The molecule has 2 N–H and O–H groups in total. The van der Waals surface area contributed by atoms with E-state index < -0.39 is 11.6 Å². The smallest absolute Gasteiger partial charge is 0.252 e. The molecule has 0 saturated carbocycles. The van der Waals surface area contributed by atoms with Crippen molar-refractivity contribution in [1.29, 1.82) is 0 Å². The van der Waals surface area contributed by atoms with Crippen LogP contribution in [0, 0.1) is 5.82 Å². The van der Waals surface area contributed by atoms with Crippen molar-refractivity contribution in [2.45, 2.75) is 30.9 Å². The molecule has 1 heterocycles. The van der Waals surface area contributed by atoms with Crippen molar-refractivity contribution >= 4 is 27.7 Å². The van der Waals surface area contributed by atoms with E-state index in [9.17, 15) is 9.18 Å². The lowest BCUT2D eigenvalue weighted by Gasteiger charge is -2.31. The van der Waals surface area contributed by atoms with E-state index in [2.05, 4.69) is 21.2 Å². The summed E-state index contributed by atoms with van der Waals surface area (Å²) in [4.78, 5) is 19.3. The minimum Gasteiger partial charge on any atom is -0.494 e. The summed E-state index contributed by atoms with van der Waals surface area (Å²) in [5.74, 6) is 0.456. The van der Waals surface area contributed by atoms with Crippen LogP contribution in [0.25, 0.3) is 0 Å². The molecule has 0 aliphatic carbocycles. The number of nitrogens with zero attached hydrogens (tertiary/aromatic N) is 1. The average molecular weight is 632 g/mol. The zero-order chi connectivity index (χ0) is 29.4. The second-order valence-corrected chi connectivity index (χ2v) is 11.1. The fourth-order valence-corrected chi connectivity index (χ4v) is 5.25. The Bertz CT molecular complexity index is 1510. The number of aliphatic hydroxyl groups is 1. The average Bonchev–Trinajstić information content (AvgIpc) is 3.40. The van der Waals surface area contributed by atoms with Gasteiger partial charge < -0.3 is 19.9 Å². The summed E-state index contributed by atoms with van der Waals surface area (Å²) in [6, 6.07) is 31.2. The third-order valence-electron chi connectivity index (χ3n) is 7.11. The van der Waals surface area contributed by atoms with E-state index in [-0.39, 0.29) is 18.3 Å². The first kappa shape index (κ1) is 29.5. The van der Waals surface area contributed by atoms with E-state index in [1.165, 1.54) is 12.1 Å². The van der Waals surface area contributed by atoms with Crippen LogP contribution in [0.5, 0.6) is 5.75 Å². The van der Waals surface area contributed by atoms with E-state index in [1.807, 2.05) is 84.9 Å². The van der Waals surface area contributed by atoms with E-state index in [0.29, 0.717) is 44.1 Å². The molecule has 2 atom stereocenters. The highest BCUT2D eigenvalue weighted by Gasteiger charge is 2.53. The van der Waals surface area contributed by atoms with Crippen molar-refractivity contribution in [1.82, 2.24) is 5.32 Å². The standard InChI is InChI=1S/C34H32BrFN2O4/c35-28-14-10-25(11-15-28)23-34(33(40)37-19-18-24-6-4-9-29(36)22-24)31(26-7-2-1-3-8-26)42-32(38-34)27-12-16-30(17-13-27)41-21-5-20-39/h1-4,6-17,22,31,39H,5,18-21,23H2,(H,37,40)/t31-,34-/m1/s1. The molecule has 0 fully saturated rings. The van der Waals surface area contributed by atoms with Crippen LogP contribution in [-0.4, -0.2) is 42.2 Å². The molecule has 4 aromatic carbocycles. The summed E-state index contributed by atoms with van der Waals surface area (Å²) in [5.41, 5.74) is 1.97. The quantitative estimate of drug-likeness (QED) is 0.182. The molecule has 1 amide bonds. The second kappa shape index (κ2) is 13.8. The number of aliphatic imine (C=N–C) groups is 1. The number of benzene rings is 4. The molecule has 0 bridgehead atoms. The summed E-state index contributed by atoms with van der Waals surface area (Å²) in [7, 11) is 0. The maximum absolute atomic E-state index is 14.2. The molecule has 0 radical (unpaired) electrons. The number of amides is 1. The molecule has 42 heavy (non-hydrogen) atoms. The zero-order valence-electron chi connectivity index (χ0n) is 23.0. The van der Waals surface area contributed by atoms with Gasteiger partial charge in [0.25, 0.3) is 5.91 Å². The fourth-order valence-electron chi connectivity index (χ4n) is 4.99. The SMILES string of the molecule is O=C(NCCc1cccc(F)c1)[C@]1(Cc2ccc(Br)cc2)N=C(c2ccc(OCCCO)cc2)O[C@@H]1c1ccccc1. The minimum absolute atomic E-state index is 0.0638. The number of nitrogens with one attached hydrogen (secondary N) is 1. The lowest BCUT2D eigenvalue weighted by atomic mass is 9.82. The normalized spacial score (nSPS) is 17.8. The summed E-state index contributed by atoms with van der Waals surface area (Å²) < 4.78 is 26.9. The topological polar surface area (TPSA) is 80.2 Å². The maximum atomic E-state index is 14.2. The Kier molecular flexibility index (Phi) is 9.66. The molecule has 0 unspecified atom stereocenters. The number of ether oxygens (including phenoxy) is 2. The number of rotatable bonds is 12. The van der Waals surface area contributed by atoms with Gasteiger partial charge in [-0.1, -0.05) is 70.5 Å². The van der Waals surface area contributed by atoms with Gasteiger partial charge in [0.05, 0.1) is 6.61 Å². The first-order chi connectivity index (χ1) is 20.5. The number of hydrogen-bond acceptors (Lipinski definition) is 5. The summed E-state index contributed by atoms with van der Waals surface area (Å²) in [5, 5.41) is 12.1. The van der Waals surface area contributed by atoms with Crippen LogP contribution in [0.3, 0.4) is 0 Å². The zero-order valence-corrected chi connectivity index (χ0v) is 24.6. The number of halogens is 2. The molecule has 8 heteroatoms. The largest absolute Gasteiger partial charge is 0.494 e. The van der Waals surface area contributed by atoms with E-state index in [4.69, 9.17) is 19.6 Å². The number of carbonyl (C=O) groups excluding carboxylic acids is 1. The van der Waals surface area contributed by atoms with Gasteiger partial charge in [0, 0.05) is 36.0 Å². The fraction of sp³-hybridized carbons (Fsp3) is 0.235. The maximum Gasteiger partial charge on any atom is 0.252 e. The molecular weight excluding hydrogens is 599 g/mol. The van der Waals surface area contributed by atoms with Gasteiger partial charge in [0.15, 0.2) is 11.6 Å². The van der Waals surface area contributed by atoms with E-state index in [1.54, 1.807) is 6.07 Å². The van der Waals surface area contributed by atoms with E-state index >= 15 is 0 Å². The predicted molar refractivity (Wildman–Crippen MR) is 164 cm³/mol. The molecule has 216 valence electrons. The van der Waals surface area contributed by atoms with Crippen molar-refractivity contribution in [3.05, 3.63) is 136 Å². The van der Waals surface area contributed by atoms with Crippen molar-refractivity contribution in [2.75, 3.05) is 19.8 Å². The first-order valence-electron chi connectivity index (χ1n) is 13.9. The molecule has 4 aromatic rings. The molecular formula is C34H32BrFN2O4. The van der Waals surface area contributed by atoms with Crippen LogP contribution < -0.4 is 10.1 Å². The van der Waals surface area contributed by atoms with Crippen LogP contribution in [0.4, 0.5) is 4.39 Å². The van der Waals surface area contributed by atoms with Gasteiger partial charge in [-0.3, -0.25) is 4.79 Å². The number of carbonyl (C=O) groups is 1. The summed E-state index contributed by atoms with van der Waals surface area (Å²) >= 11 is 3.50. The van der Waals surface area contributed by atoms with Crippen LogP contribution in [0.15, 0.2) is 113 Å². The minimum atomic E-state index is -1.30. The molecule has 0 aromatic heterocycles. The highest BCUT2D eigenvalue weighted by molar-refractivity contribution is 9.10. The monoisotopic (exact) mass is 630 g/mol. The van der Waals surface area contributed by atoms with E-state index in [0.717, 1.165) is 26.7 Å². The Labute approximate surface area is 253 Å².